The Kier molecular flexibility index (Phi) is 16.1. The van der Waals surface area contributed by atoms with Gasteiger partial charge in [0.25, 0.3) is 0 Å². The summed E-state index contributed by atoms with van der Waals surface area (Å²) in [7, 11) is 0. The van der Waals surface area contributed by atoms with Gasteiger partial charge in [0.05, 0.1) is 10.8 Å². The maximum Gasteiger partial charge on any atom is 0.127 e. The molecule has 2 aliphatic rings. The van der Waals surface area contributed by atoms with Gasteiger partial charge in [0.2, 0.25) is 0 Å². The SMILES string of the molecule is C=Cc1ccc(Oc2ccc(C3(c4ccc(F)cc4)c4ccccc4-c4ccc(N(c5ccc(-c6ccc(N(c7ccc8c(c7)C(c7ccc(F)cc7)(c7ccc(Oc9ccc(C=C)cc9)cc7)c7ccccc7-8)c7ccc8sc9ccccc9c8c7)cc6)cc5)c5ccc6sc7ccccc7c6c5)cc43)cc2)cc1. The van der Waals surface area contributed by atoms with Gasteiger partial charge < -0.3 is 19.3 Å². The van der Waals surface area contributed by atoms with Crippen molar-refractivity contribution in [2.45, 2.75) is 10.8 Å². The molecule has 0 saturated heterocycles. The first-order valence-electron chi connectivity index (χ1n) is 36.8. The van der Waals surface area contributed by atoms with Crippen molar-refractivity contribution in [3.05, 3.63) is 444 Å². The Bertz CT molecular complexity index is 6230. The van der Waals surface area contributed by atoms with Gasteiger partial charge >= 0.3 is 0 Å². The topological polar surface area (TPSA) is 24.9 Å². The molecule has 0 bridgehead atoms. The van der Waals surface area contributed by atoms with Crippen LogP contribution in [0.15, 0.2) is 377 Å². The van der Waals surface area contributed by atoms with E-state index in [9.17, 15) is 0 Å². The van der Waals surface area contributed by atoms with Crippen molar-refractivity contribution >= 4 is 109 Å². The minimum absolute atomic E-state index is 0.299. The molecular formula is C102H66F2N2O2S2. The van der Waals surface area contributed by atoms with E-state index in [1.54, 1.807) is 24.3 Å². The zero-order chi connectivity index (χ0) is 73.6. The lowest BCUT2D eigenvalue weighted by Gasteiger charge is -2.35. The molecule has 18 aromatic rings. The van der Waals surface area contributed by atoms with E-state index in [0.717, 1.165) is 135 Å². The molecule has 2 aromatic heterocycles. The van der Waals surface area contributed by atoms with E-state index >= 15 is 8.78 Å². The lowest BCUT2D eigenvalue weighted by atomic mass is 9.67. The standard InChI is InChI=1S/C102H66F2N2O2S2/c1-3-65-21-49-81(50-22-65)107-83-53-33-71(34-54-83)101(69-29-37-73(103)38-30-69)93-17-9-5-13-85(93)87-57-45-79(63-95(87)101)105(77-47-59-99-91(61-77)89-15-7-11-19-97(89)109-99)75-41-25-67(26-42-75)68-27-43-76(44-28-68)106(78-48-60-100-92(62-78)90-16-8-12-20-98(90)110-100)80-46-58-88-86-14-6-10-18-94(86)102(96(88)64-80,70-31-39-74(104)40-32-70)72-35-55-84(56-36-72)108-82-51-23-66(4-2)24-52-82/h3-64H,1-2H2. The van der Waals surface area contributed by atoms with Crippen LogP contribution in [0.2, 0.25) is 0 Å². The fraction of sp³-hybridized carbons (Fsp3) is 0.0196. The van der Waals surface area contributed by atoms with Crippen molar-refractivity contribution in [2.75, 3.05) is 9.80 Å². The number of benzene rings is 16. The molecule has 2 atom stereocenters. The Morgan fingerprint density at radius 1 is 0.264 bits per heavy atom. The number of rotatable bonds is 17. The third kappa shape index (κ3) is 11.0. The van der Waals surface area contributed by atoms with Crippen LogP contribution in [0.25, 0.3) is 85.9 Å². The third-order valence-corrected chi connectivity index (χ3v) is 24.5. The molecule has 522 valence electrons. The number of hydrogen-bond donors (Lipinski definition) is 0. The summed E-state index contributed by atoms with van der Waals surface area (Å²) in [4.78, 5) is 4.76. The molecule has 0 amide bonds. The molecule has 0 saturated carbocycles. The molecule has 2 heterocycles. The van der Waals surface area contributed by atoms with Crippen molar-refractivity contribution < 1.29 is 18.3 Å². The molecule has 0 N–H and O–H groups in total. The van der Waals surface area contributed by atoms with Gasteiger partial charge in [-0.15, -0.1) is 22.7 Å². The van der Waals surface area contributed by atoms with Crippen LogP contribution in [0.1, 0.15) is 55.6 Å². The molecule has 0 radical (unpaired) electrons. The summed E-state index contributed by atoms with van der Waals surface area (Å²) in [6.45, 7) is 7.85. The molecule has 110 heavy (non-hydrogen) atoms. The second-order valence-electron chi connectivity index (χ2n) is 28.2. The molecule has 8 heteroatoms. The molecule has 20 rings (SSSR count). The highest BCUT2D eigenvalue weighted by Crippen LogP contribution is 2.60. The highest BCUT2D eigenvalue weighted by atomic mass is 32.1. The normalized spacial score (nSPS) is 14.6. The fourth-order valence-corrected chi connectivity index (χ4v) is 19.3. The van der Waals surface area contributed by atoms with Gasteiger partial charge in [0.1, 0.15) is 34.6 Å². The summed E-state index contributed by atoms with van der Waals surface area (Å²) in [5.74, 6) is 2.25. The second kappa shape index (κ2) is 26.8. The number of anilines is 6. The monoisotopic (exact) mass is 1450 g/mol. The smallest absolute Gasteiger partial charge is 0.127 e. The fourth-order valence-electron chi connectivity index (χ4n) is 17.2. The van der Waals surface area contributed by atoms with Gasteiger partial charge in [-0.25, -0.2) is 8.78 Å². The van der Waals surface area contributed by atoms with Crippen molar-refractivity contribution in [3.63, 3.8) is 0 Å². The molecule has 0 spiro atoms. The van der Waals surface area contributed by atoms with E-state index in [1.807, 2.05) is 132 Å². The minimum atomic E-state index is -0.861. The Labute approximate surface area is 644 Å². The van der Waals surface area contributed by atoms with Gasteiger partial charge in [-0.05, 0) is 259 Å². The van der Waals surface area contributed by atoms with Gasteiger partial charge in [0.15, 0.2) is 0 Å². The van der Waals surface area contributed by atoms with E-state index in [-0.39, 0.29) is 11.6 Å². The van der Waals surface area contributed by atoms with Crippen LogP contribution in [0.5, 0.6) is 23.0 Å². The number of fused-ring (bicyclic) bond motifs is 12. The predicted octanol–water partition coefficient (Wildman–Crippen LogP) is 28.9. The van der Waals surface area contributed by atoms with Crippen LogP contribution >= 0.6 is 22.7 Å². The van der Waals surface area contributed by atoms with Crippen LogP contribution in [0.3, 0.4) is 0 Å². The number of thiophene rings is 2. The van der Waals surface area contributed by atoms with E-state index in [4.69, 9.17) is 9.47 Å². The Morgan fingerprint density at radius 2 is 0.564 bits per heavy atom. The van der Waals surface area contributed by atoms with Crippen LogP contribution in [-0.4, -0.2) is 0 Å². The van der Waals surface area contributed by atoms with E-state index < -0.39 is 10.8 Å². The molecule has 0 fully saturated rings. The number of nitrogens with zero attached hydrogens (tertiary/aromatic N) is 2. The highest BCUT2D eigenvalue weighted by Gasteiger charge is 2.48. The largest absolute Gasteiger partial charge is 0.457 e. The van der Waals surface area contributed by atoms with Crippen LogP contribution in [0, 0.1) is 11.6 Å². The first-order valence-corrected chi connectivity index (χ1v) is 38.5. The van der Waals surface area contributed by atoms with Gasteiger partial charge in [-0.2, -0.15) is 0 Å². The maximum atomic E-state index is 15.3. The van der Waals surface area contributed by atoms with E-state index in [0.29, 0.717) is 11.5 Å². The average Bonchev–Trinajstić information content (AvgIpc) is 1.53. The number of halogens is 2. The van der Waals surface area contributed by atoms with Crippen LogP contribution in [-0.2, 0) is 10.8 Å². The second-order valence-corrected chi connectivity index (χ2v) is 30.4. The van der Waals surface area contributed by atoms with Crippen LogP contribution < -0.4 is 19.3 Å². The Hall–Kier alpha value is -13.5. The zero-order valence-electron chi connectivity index (χ0n) is 59.5. The third-order valence-electron chi connectivity index (χ3n) is 22.2. The van der Waals surface area contributed by atoms with Crippen molar-refractivity contribution in [2.24, 2.45) is 0 Å². The quantitative estimate of drug-likeness (QED) is 0.0907. The summed E-state index contributed by atoms with van der Waals surface area (Å²) >= 11 is 3.62. The summed E-state index contributed by atoms with van der Waals surface area (Å²) in [6.07, 6.45) is 3.64. The first-order chi connectivity index (χ1) is 54.2. The maximum absolute atomic E-state index is 15.3. The average molecular weight is 1450 g/mol. The summed E-state index contributed by atoms with van der Waals surface area (Å²) in [5, 5.41) is 4.81. The number of ether oxygens (including phenoxy) is 2. The van der Waals surface area contributed by atoms with Crippen molar-refractivity contribution in [1.29, 1.82) is 0 Å². The lowest BCUT2D eigenvalue weighted by Crippen LogP contribution is -2.28. The molecule has 2 aliphatic carbocycles. The molecule has 0 aliphatic heterocycles. The summed E-state index contributed by atoms with van der Waals surface area (Å²) in [5.41, 5.74) is 21.1. The molecule has 2 unspecified atom stereocenters. The minimum Gasteiger partial charge on any atom is -0.457 e. The van der Waals surface area contributed by atoms with Gasteiger partial charge in [0, 0.05) is 74.5 Å². The zero-order valence-corrected chi connectivity index (χ0v) is 61.1. The molecule has 16 aromatic carbocycles. The van der Waals surface area contributed by atoms with Gasteiger partial charge in [-0.1, -0.05) is 219 Å². The first kappa shape index (κ1) is 66.0. The van der Waals surface area contributed by atoms with Crippen LogP contribution in [0.4, 0.5) is 42.9 Å². The predicted molar refractivity (Wildman–Crippen MR) is 455 cm³/mol. The van der Waals surface area contributed by atoms with E-state index in [2.05, 4.69) is 266 Å². The summed E-state index contributed by atoms with van der Waals surface area (Å²) in [6, 6.07) is 127. The van der Waals surface area contributed by atoms with E-state index in [1.165, 1.54) is 40.3 Å². The molecular weight excluding hydrogens is 1390 g/mol. The summed E-state index contributed by atoms with van der Waals surface area (Å²) < 4.78 is 48.5. The lowest BCUT2D eigenvalue weighted by molar-refractivity contribution is 0.482. The number of hydrogen-bond acceptors (Lipinski definition) is 6. The van der Waals surface area contributed by atoms with Crippen molar-refractivity contribution in [1.82, 2.24) is 0 Å². The Morgan fingerprint density at radius 3 is 0.945 bits per heavy atom. The van der Waals surface area contributed by atoms with Gasteiger partial charge in [-0.3, -0.25) is 0 Å². The Balaban J connectivity index is 0.705. The molecule has 4 nitrogen and oxygen atoms in total. The highest BCUT2D eigenvalue weighted by molar-refractivity contribution is 7.26. The van der Waals surface area contributed by atoms with Crippen molar-refractivity contribution in [3.8, 4) is 56.4 Å².